The van der Waals surface area contributed by atoms with Crippen LogP contribution in [-0.2, 0) is 0 Å². The minimum Gasteiger partial charge on any atom is -0.226 e. The van der Waals surface area contributed by atoms with E-state index in [1.54, 1.807) is 0 Å². The highest BCUT2D eigenvalue weighted by Crippen LogP contribution is 2.30. The van der Waals surface area contributed by atoms with Crippen molar-refractivity contribution in [3.8, 4) is 0 Å². The standard InChI is InChI=1S/C16H24N2S2/c19-16(20)15-17(13-7-3-1-4-8-13)11-12-18(15)14-9-5-2-6-10-14/h11-14H,1-10H2/p+1. The zero-order valence-electron chi connectivity index (χ0n) is 12.1. The van der Waals surface area contributed by atoms with E-state index in [4.69, 9.17) is 12.2 Å². The molecule has 0 radical (unpaired) electrons. The largest absolute Gasteiger partial charge is 0.306 e. The summed E-state index contributed by atoms with van der Waals surface area (Å²) in [5.41, 5.74) is 0. The van der Waals surface area contributed by atoms with E-state index >= 15 is 0 Å². The third kappa shape index (κ3) is 2.96. The van der Waals surface area contributed by atoms with Gasteiger partial charge in [-0.05, 0) is 51.4 Å². The molecule has 2 aliphatic rings. The number of hydrogen-bond acceptors (Lipinski definition) is 1. The Hall–Kier alpha value is -0.350. The summed E-state index contributed by atoms with van der Waals surface area (Å²) in [6.45, 7) is 0. The summed E-state index contributed by atoms with van der Waals surface area (Å²) in [5, 5.41) is 0. The molecule has 0 aliphatic heterocycles. The molecule has 0 N–H and O–H groups in total. The molecular formula is C16H25N2S2+. The lowest BCUT2D eigenvalue weighted by atomic mass is 9.95. The first-order valence-corrected chi connectivity index (χ1v) is 8.98. The van der Waals surface area contributed by atoms with Crippen LogP contribution in [0.3, 0.4) is 0 Å². The van der Waals surface area contributed by atoms with Gasteiger partial charge in [-0.2, -0.15) is 0 Å². The zero-order valence-corrected chi connectivity index (χ0v) is 13.8. The molecule has 2 fully saturated rings. The van der Waals surface area contributed by atoms with Crippen molar-refractivity contribution in [1.82, 2.24) is 4.57 Å². The van der Waals surface area contributed by atoms with E-state index in [1.807, 2.05) is 0 Å². The van der Waals surface area contributed by atoms with Crippen molar-refractivity contribution in [2.75, 3.05) is 0 Å². The lowest BCUT2D eigenvalue weighted by Gasteiger charge is -2.22. The van der Waals surface area contributed by atoms with E-state index in [-0.39, 0.29) is 0 Å². The van der Waals surface area contributed by atoms with Gasteiger partial charge in [0.15, 0.2) is 4.20 Å². The van der Waals surface area contributed by atoms with Gasteiger partial charge in [0.25, 0.3) is 0 Å². The van der Waals surface area contributed by atoms with Gasteiger partial charge in [-0.15, -0.1) is 12.6 Å². The molecule has 0 atom stereocenters. The molecule has 1 aromatic rings. The van der Waals surface area contributed by atoms with Crippen LogP contribution in [0.15, 0.2) is 12.4 Å². The molecule has 4 heteroatoms. The smallest absolute Gasteiger partial charge is 0.226 e. The van der Waals surface area contributed by atoms with Crippen molar-refractivity contribution < 1.29 is 4.57 Å². The first-order valence-electron chi connectivity index (χ1n) is 8.12. The van der Waals surface area contributed by atoms with Crippen LogP contribution >= 0.6 is 24.8 Å². The Labute approximate surface area is 133 Å². The molecule has 0 amide bonds. The summed E-state index contributed by atoms with van der Waals surface area (Å²) in [6.07, 6.45) is 17.9. The van der Waals surface area contributed by atoms with Crippen molar-refractivity contribution >= 4 is 29.0 Å². The number of thiocarbonyl (C=S) groups is 1. The fourth-order valence-electron chi connectivity index (χ4n) is 3.95. The maximum Gasteiger partial charge on any atom is 0.306 e. The molecule has 1 aromatic heterocycles. The summed E-state index contributed by atoms with van der Waals surface area (Å²) >= 11 is 9.97. The lowest BCUT2D eigenvalue weighted by Crippen LogP contribution is -2.44. The van der Waals surface area contributed by atoms with Crippen LogP contribution < -0.4 is 4.57 Å². The summed E-state index contributed by atoms with van der Waals surface area (Å²) in [5.74, 6) is 1.18. The third-order valence-electron chi connectivity index (χ3n) is 5.00. The van der Waals surface area contributed by atoms with E-state index in [0.717, 1.165) is 4.20 Å². The van der Waals surface area contributed by atoms with Gasteiger partial charge in [-0.25, -0.2) is 9.13 Å². The summed E-state index contributed by atoms with van der Waals surface area (Å²) in [6, 6.07) is 1.27. The average Bonchev–Trinajstić information content (AvgIpc) is 2.94. The second-order valence-corrected chi connectivity index (χ2v) is 7.48. The second-order valence-electron chi connectivity index (χ2n) is 6.33. The fourth-order valence-corrected chi connectivity index (χ4v) is 4.39. The van der Waals surface area contributed by atoms with Gasteiger partial charge in [0, 0.05) is 0 Å². The number of imidazole rings is 1. The lowest BCUT2D eigenvalue weighted by molar-refractivity contribution is -0.726. The molecule has 110 valence electrons. The molecule has 0 spiro atoms. The molecule has 0 bridgehead atoms. The van der Waals surface area contributed by atoms with Crippen LogP contribution in [0.25, 0.3) is 0 Å². The molecule has 3 rings (SSSR count). The van der Waals surface area contributed by atoms with Gasteiger partial charge in [0.2, 0.25) is 0 Å². The Morgan fingerprint density at radius 1 is 1.05 bits per heavy atom. The fraction of sp³-hybridized carbons (Fsp3) is 0.750. The molecule has 2 aliphatic carbocycles. The molecule has 0 aromatic carbocycles. The number of rotatable bonds is 3. The molecule has 0 saturated heterocycles. The quantitative estimate of drug-likeness (QED) is 0.495. The average molecular weight is 310 g/mol. The van der Waals surface area contributed by atoms with Gasteiger partial charge >= 0.3 is 5.82 Å². The van der Waals surface area contributed by atoms with Crippen molar-refractivity contribution in [3.63, 3.8) is 0 Å². The van der Waals surface area contributed by atoms with Crippen LogP contribution in [0, 0.1) is 0 Å². The predicted molar refractivity (Wildman–Crippen MR) is 89.6 cm³/mol. The van der Waals surface area contributed by atoms with Crippen molar-refractivity contribution in [2.45, 2.75) is 76.3 Å². The molecule has 0 unspecified atom stereocenters. The van der Waals surface area contributed by atoms with E-state index in [2.05, 4.69) is 34.2 Å². The van der Waals surface area contributed by atoms with Crippen LogP contribution in [-0.4, -0.2) is 8.76 Å². The van der Waals surface area contributed by atoms with Gasteiger partial charge in [-0.3, -0.25) is 0 Å². The predicted octanol–water partition coefficient (Wildman–Crippen LogP) is 4.39. The van der Waals surface area contributed by atoms with Gasteiger partial charge in [0.05, 0.1) is 0 Å². The van der Waals surface area contributed by atoms with Gasteiger partial charge in [-0.1, -0.05) is 25.1 Å². The van der Waals surface area contributed by atoms with E-state index in [1.165, 1.54) is 70.0 Å². The summed E-state index contributed by atoms with van der Waals surface area (Å²) in [4.78, 5) is 0. The van der Waals surface area contributed by atoms with Gasteiger partial charge < -0.3 is 0 Å². The van der Waals surface area contributed by atoms with Crippen LogP contribution in [0.4, 0.5) is 0 Å². The SMILES string of the molecule is S=C(S)c1n(C2CCCCC2)cc[n+]1C1CCCCC1. The van der Waals surface area contributed by atoms with Crippen molar-refractivity contribution in [2.24, 2.45) is 0 Å². The maximum absolute atomic E-state index is 5.45. The number of thiol groups is 1. The topological polar surface area (TPSA) is 8.81 Å². The van der Waals surface area contributed by atoms with Crippen molar-refractivity contribution in [1.29, 1.82) is 0 Å². The minimum atomic E-state index is 0.633. The minimum absolute atomic E-state index is 0.633. The number of aromatic nitrogens is 2. The first kappa shape index (κ1) is 14.6. The summed E-state index contributed by atoms with van der Waals surface area (Å²) < 4.78 is 5.60. The molecule has 2 nitrogen and oxygen atoms in total. The summed E-state index contributed by atoms with van der Waals surface area (Å²) in [7, 11) is 0. The highest BCUT2D eigenvalue weighted by Gasteiger charge is 2.31. The molecule has 1 heterocycles. The number of nitrogens with zero attached hydrogens (tertiary/aromatic N) is 2. The monoisotopic (exact) mass is 309 g/mol. The number of hydrogen-bond donors (Lipinski definition) is 1. The Morgan fingerprint density at radius 3 is 2.25 bits per heavy atom. The van der Waals surface area contributed by atoms with E-state index < -0.39 is 0 Å². The maximum atomic E-state index is 5.45. The van der Waals surface area contributed by atoms with E-state index in [0.29, 0.717) is 12.1 Å². The van der Waals surface area contributed by atoms with E-state index in [9.17, 15) is 0 Å². The Morgan fingerprint density at radius 2 is 1.65 bits per heavy atom. The second kappa shape index (κ2) is 6.61. The Bertz CT molecular complexity index is 433. The van der Waals surface area contributed by atoms with Crippen LogP contribution in [0.1, 0.15) is 82.1 Å². The van der Waals surface area contributed by atoms with Crippen molar-refractivity contribution in [3.05, 3.63) is 18.2 Å². The Balaban J connectivity index is 1.90. The normalized spacial score (nSPS) is 22.1. The zero-order chi connectivity index (χ0) is 13.9. The first-order chi connectivity index (χ1) is 9.77. The third-order valence-corrected chi connectivity index (χ3v) is 5.39. The highest BCUT2D eigenvalue weighted by molar-refractivity contribution is 8.11. The van der Waals surface area contributed by atoms with Crippen LogP contribution in [0.5, 0.6) is 0 Å². The highest BCUT2D eigenvalue weighted by atomic mass is 32.1. The molecule has 20 heavy (non-hydrogen) atoms. The molecule has 2 saturated carbocycles. The van der Waals surface area contributed by atoms with Gasteiger partial charge in [0.1, 0.15) is 24.5 Å². The van der Waals surface area contributed by atoms with Crippen LogP contribution in [0.2, 0.25) is 0 Å². The Kier molecular flexibility index (Phi) is 4.82. The molecular weight excluding hydrogens is 284 g/mol.